The summed E-state index contributed by atoms with van der Waals surface area (Å²) in [7, 11) is 0. The number of hydrogen-bond donors (Lipinski definition) is 3. The minimum absolute atomic E-state index is 0.326. The number of nitrogens with one attached hydrogen (secondary N) is 3. The second kappa shape index (κ2) is 10.7. The maximum Gasteiger partial charge on any atom is 0.261 e. The van der Waals surface area contributed by atoms with E-state index in [4.69, 9.17) is 11.6 Å². The fourth-order valence-corrected chi connectivity index (χ4v) is 3.95. The summed E-state index contributed by atoms with van der Waals surface area (Å²) in [5.74, 6) is -0.659. The molecule has 5 nitrogen and oxygen atoms in total. The summed E-state index contributed by atoms with van der Waals surface area (Å²) in [5, 5.41) is 6.69. The van der Waals surface area contributed by atoms with Crippen LogP contribution in [-0.2, 0) is 0 Å². The first-order valence-corrected chi connectivity index (χ1v) is 11.3. The molecule has 0 aliphatic heterocycles. The zero-order valence-electron chi connectivity index (χ0n) is 17.4. The molecule has 3 N–H and O–H groups in total. The Labute approximate surface area is 201 Å². The maximum atomic E-state index is 13.1. The highest BCUT2D eigenvalue weighted by Crippen LogP contribution is 2.26. The van der Waals surface area contributed by atoms with E-state index < -0.39 is 0 Å². The predicted molar refractivity (Wildman–Crippen MR) is 135 cm³/mol. The molecule has 0 spiro atoms. The number of carbonyl (C=O) groups excluding carboxylic acids is 2. The van der Waals surface area contributed by atoms with Crippen molar-refractivity contribution in [1.29, 1.82) is 0 Å². The summed E-state index contributed by atoms with van der Waals surface area (Å²) in [6.45, 7) is 0. The third kappa shape index (κ3) is 5.94. The van der Waals surface area contributed by atoms with E-state index >= 15 is 0 Å². The van der Waals surface area contributed by atoms with E-state index in [1.165, 1.54) is 0 Å². The van der Waals surface area contributed by atoms with Gasteiger partial charge < -0.3 is 10.6 Å². The van der Waals surface area contributed by atoms with E-state index in [0.717, 1.165) is 22.5 Å². The van der Waals surface area contributed by atoms with Crippen LogP contribution in [0.4, 0.5) is 17.1 Å². The molecule has 0 saturated carbocycles. The second-order valence-corrected chi connectivity index (χ2v) is 8.29. The smallest absolute Gasteiger partial charge is 0.261 e. The fraction of sp³-hybridized carbons (Fsp3) is 0. The lowest BCUT2D eigenvalue weighted by Crippen LogP contribution is -2.19. The third-order valence-corrected chi connectivity index (χ3v) is 6.01. The molecular formula is C26H20ClN3O2S. The van der Waals surface area contributed by atoms with Crippen LogP contribution in [0.3, 0.4) is 0 Å². The van der Waals surface area contributed by atoms with Crippen molar-refractivity contribution in [3.63, 3.8) is 0 Å². The summed E-state index contributed by atoms with van der Waals surface area (Å²) in [6, 6.07) is 30.9. The van der Waals surface area contributed by atoms with E-state index in [-0.39, 0.29) is 11.8 Å². The van der Waals surface area contributed by atoms with Gasteiger partial charge in [0.25, 0.3) is 11.8 Å². The highest BCUT2D eigenvalue weighted by atomic mass is 35.5. The maximum absolute atomic E-state index is 13.1. The van der Waals surface area contributed by atoms with Crippen molar-refractivity contribution in [2.24, 2.45) is 0 Å². The van der Waals surface area contributed by atoms with Crippen molar-refractivity contribution in [1.82, 2.24) is 4.72 Å². The fourth-order valence-electron chi connectivity index (χ4n) is 3.07. The second-order valence-electron chi connectivity index (χ2n) is 7.04. The predicted octanol–water partition coefficient (Wildman–Crippen LogP) is 6.77. The summed E-state index contributed by atoms with van der Waals surface area (Å²) in [4.78, 5) is 26.7. The molecule has 4 aromatic carbocycles. The van der Waals surface area contributed by atoms with Crippen molar-refractivity contribution in [3.05, 3.63) is 119 Å². The molecule has 0 bridgehead atoms. The van der Waals surface area contributed by atoms with Crippen molar-refractivity contribution in [3.8, 4) is 0 Å². The SMILES string of the molecule is O=C(NSc1ccccc1Cl)c1ccc(Nc2ccccc2)c(C(=O)Nc2ccccc2)c1. The summed E-state index contributed by atoms with van der Waals surface area (Å²) < 4.78 is 2.78. The average molecular weight is 474 g/mol. The topological polar surface area (TPSA) is 70.2 Å². The minimum Gasteiger partial charge on any atom is -0.355 e. The van der Waals surface area contributed by atoms with Gasteiger partial charge in [-0.05, 0) is 66.5 Å². The molecule has 0 aliphatic carbocycles. The van der Waals surface area contributed by atoms with Crippen molar-refractivity contribution >= 4 is 52.4 Å². The van der Waals surface area contributed by atoms with Crippen LogP contribution in [0.15, 0.2) is 108 Å². The molecule has 0 aliphatic rings. The van der Waals surface area contributed by atoms with Gasteiger partial charge in [-0.3, -0.25) is 14.3 Å². The Kier molecular flexibility index (Phi) is 7.29. The monoisotopic (exact) mass is 473 g/mol. The van der Waals surface area contributed by atoms with Crippen LogP contribution >= 0.6 is 23.5 Å². The van der Waals surface area contributed by atoms with Crippen LogP contribution in [-0.4, -0.2) is 11.8 Å². The van der Waals surface area contributed by atoms with E-state index in [9.17, 15) is 9.59 Å². The summed E-state index contributed by atoms with van der Waals surface area (Å²) in [6.07, 6.45) is 0. The Morgan fingerprint density at radius 2 is 1.33 bits per heavy atom. The van der Waals surface area contributed by atoms with Crippen LogP contribution < -0.4 is 15.4 Å². The normalized spacial score (nSPS) is 10.3. The minimum atomic E-state index is -0.333. The van der Waals surface area contributed by atoms with Gasteiger partial charge in [0.2, 0.25) is 0 Å². The first-order valence-electron chi connectivity index (χ1n) is 10.1. The van der Waals surface area contributed by atoms with Gasteiger partial charge in [0, 0.05) is 21.8 Å². The molecule has 7 heteroatoms. The molecule has 4 aromatic rings. The van der Waals surface area contributed by atoms with E-state index in [1.807, 2.05) is 66.7 Å². The molecule has 0 atom stereocenters. The zero-order chi connectivity index (χ0) is 23.0. The van der Waals surface area contributed by atoms with Crippen LogP contribution in [0.25, 0.3) is 0 Å². The van der Waals surface area contributed by atoms with E-state index in [2.05, 4.69) is 15.4 Å². The van der Waals surface area contributed by atoms with Gasteiger partial charge in [0.15, 0.2) is 0 Å². The Morgan fingerprint density at radius 3 is 2.03 bits per heavy atom. The van der Waals surface area contributed by atoms with Gasteiger partial charge in [-0.25, -0.2) is 0 Å². The number of halogens is 1. The number of carbonyl (C=O) groups is 2. The summed E-state index contributed by atoms with van der Waals surface area (Å²) in [5.41, 5.74) is 2.78. The Balaban J connectivity index is 1.59. The van der Waals surface area contributed by atoms with Crippen LogP contribution in [0.2, 0.25) is 5.02 Å². The van der Waals surface area contributed by atoms with Gasteiger partial charge >= 0.3 is 0 Å². The highest BCUT2D eigenvalue weighted by molar-refractivity contribution is 7.98. The first-order chi connectivity index (χ1) is 16.1. The molecule has 0 saturated heterocycles. The number of anilines is 3. The molecule has 0 unspecified atom stereocenters. The van der Waals surface area contributed by atoms with Gasteiger partial charge in [-0.15, -0.1) is 0 Å². The van der Waals surface area contributed by atoms with Crippen LogP contribution in [0, 0.1) is 0 Å². The number of benzene rings is 4. The number of amides is 2. The average Bonchev–Trinajstić information content (AvgIpc) is 2.85. The van der Waals surface area contributed by atoms with Crippen LogP contribution in [0.5, 0.6) is 0 Å². The lowest BCUT2D eigenvalue weighted by atomic mass is 10.1. The van der Waals surface area contributed by atoms with Gasteiger partial charge in [-0.1, -0.05) is 60.1 Å². The third-order valence-electron chi connectivity index (χ3n) is 4.70. The van der Waals surface area contributed by atoms with Gasteiger partial charge in [0.05, 0.1) is 16.3 Å². The lowest BCUT2D eigenvalue weighted by Gasteiger charge is -2.14. The standard InChI is InChI=1S/C26H20ClN3O2S/c27-22-13-7-8-14-24(22)33-30-25(31)18-15-16-23(28-19-9-3-1-4-10-19)21(17-18)26(32)29-20-11-5-2-6-12-20/h1-17,28H,(H,29,32)(H,30,31). The van der Waals surface area contributed by atoms with E-state index in [1.54, 1.807) is 36.4 Å². The first kappa shape index (κ1) is 22.5. The van der Waals surface area contributed by atoms with Crippen molar-refractivity contribution in [2.45, 2.75) is 4.90 Å². The number of para-hydroxylation sites is 2. The molecule has 0 aromatic heterocycles. The van der Waals surface area contributed by atoms with Gasteiger partial charge in [-0.2, -0.15) is 0 Å². The molecular weight excluding hydrogens is 454 g/mol. The molecule has 164 valence electrons. The molecule has 0 fully saturated rings. The van der Waals surface area contributed by atoms with Crippen molar-refractivity contribution < 1.29 is 9.59 Å². The molecule has 0 heterocycles. The number of rotatable bonds is 7. The lowest BCUT2D eigenvalue weighted by molar-refractivity contribution is 0.0984. The van der Waals surface area contributed by atoms with E-state index in [0.29, 0.717) is 27.5 Å². The summed E-state index contributed by atoms with van der Waals surface area (Å²) >= 11 is 7.29. The zero-order valence-corrected chi connectivity index (χ0v) is 19.0. The van der Waals surface area contributed by atoms with Gasteiger partial charge in [0.1, 0.15) is 0 Å². The Bertz CT molecular complexity index is 1270. The Hall–Kier alpha value is -3.74. The molecule has 0 radical (unpaired) electrons. The van der Waals surface area contributed by atoms with Crippen molar-refractivity contribution in [2.75, 3.05) is 10.6 Å². The Morgan fingerprint density at radius 1 is 0.697 bits per heavy atom. The van der Waals surface area contributed by atoms with Crippen LogP contribution in [0.1, 0.15) is 20.7 Å². The molecule has 4 rings (SSSR count). The molecule has 2 amide bonds. The highest BCUT2D eigenvalue weighted by Gasteiger charge is 2.16. The quantitative estimate of drug-likeness (QED) is 0.259. The molecule has 33 heavy (non-hydrogen) atoms. The largest absolute Gasteiger partial charge is 0.355 e. The number of hydrogen-bond acceptors (Lipinski definition) is 4.